The summed E-state index contributed by atoms with van der Waals surface area (Å²) in [5.41, 5.74) is 1.49. The maximum absolute atomic E-state index is 3.65. The number of piperidine rings is 1. The molecular formula is C15H26N2S. The van der Waals surface area contributed by atoms with E-state index in [1.807, 2.05) is 11.3 Å². The minimum Gasteiger partial charge on any atom is -0.312 e. The Morgan fingerprint density at radius 2 is 2.06 bits per heavy atom. The van der Waals surface area contributed by atoms with Crippen molar-refractivity contribution in [2.45, 2.75) is 40.2 Å². The SMILES string of the molecule is CCN1CCC(CNCc2cc(C)sc2C)CC1. The summed E-state index contributed by atoms with van der Waals surface area (Å²) in [6, 6.07) is 2.33. The van der Waals surface area contributed by atoms with Crippen LogP contribution in [-0.2, 0) is 6.54 Å². The molecule has 1 fully saturated rings. The van der Waals surface area contributed by atoms with Gasteiger partial charge in [-0.05, 0) is 70.4 Å². The second kappa shape index (κ2) is 6.69. The summed E-state index contributed by atoms with van der Waals surface area (Å²) < 4.78 is 0. The molecule has 0 atom stereocenters. The van der Waals surface area contributed by atoms with Crippen molar-refractivity contribution in [1.82, 2.24) is 10.2 Å². The highest BCUT2D eigenvalue weighted by Gasteiger charge is 2.17. The molecule has 2 nitrogen and oxygen atoms in total. The van der Waals surface area contributed by atoms with Crippen LogP contribution in [0.15, 0.2) is 6.07 Å². The minimum atomic E-state index is 0.882. The molecule has 0 bridgehead atoms. The molecular weight excluding hydrogens is 240 g/mol. The molecule has 102 valence electrons. The first-order chi connectivity index (χ1) is 8.69. The molecule has 2 heterocycles. The molecule has 1 aromatic rings. The van der Waals surface area contributed by atoms with Gasteiger partial charge in [0, 0.05) is 16.3 Å². The topological polar surface area (TPSA) is 15.3 Å². The third kappa shape index (κ3) is 3.81. The largest absolute Gasteiger partial charge is 0.312 e. The lowest BCUT2D eigenvalue weighted by molar-refractivity contribution is 0.190. The first kappa shape index (κ1) is 14.0. The molecule has 0 radical (unpaired) electrons. The van der Waals surface area contributed by atoms with Crippen LogP contribution in [0.25, 0.3) is 0 Å². The first-order valence-electron chi connectivity index (χ1n) is 7.18. The van der Waals surface area contributed by atoms with Gasteiger partial charge in [-0.25, -0.2) is 0 Å². The Morgan fingerprint density at radius 3 is 2.61 bits per heavy atom. The van der Waals surface area contributed by atoms with Gasteiger partial charge in [-0.15, -0.1) is 11.3 Å². The zero-order valence-corrected chi connectivity index (χ0v) is 12.8. The second-order valence-electron chi connectivity index (χ2n) is 5.45. The molecule has 1 saturated heterocycles. The third-order valence-corrected chi connectivity index (χ3v) is 5.05. The van der Waals surface area contributed by atoms with Crippen LogP contribution in [0.1, 0.15) is 35.1 Å². The van der Waals surface area contributed by atoms with Gasteiger partial charge in [-0.3, -0.25) is 0 Å². The number of hydrogen-bond donors (Lipinski definition) is 1. The molecule has 0 saturated carbocycles. The monoisotopic (exact) mass is 266 g/mol. The molecule has 0 aromatic carbocycles. The van der Waals surface area contributed by atoms with E-state index in [0.717, 1.165) is 12.5 Å². The Balaban J connectivity index is 1.68. The minimum absolute atomic E-state index is 0.882. The van der Waals surface area contributed by atoms with E-state index in [0.29, 0.717) is 0 Å². The Hall–Kier alpha value is -0.380. The fraction of sp³-hybridized carbons (Fsp3) is 0.733. The predicted octanol–water partition coefficient (Wildman–Crippen LogP) is 3.19. The van der Waals surface area contributed by atoms with Gasteiger partial charge in [0.1, 0.15) is 0 Å². The average molecular weight is 266 g/mol. The molecule has 1 N–H and O–H groups in total. The summed E-state index contributed by atoms with van der Waals surface area (Å²) in [6.07, 6.45) is 2.73. The highest BCUT2D eigenvalue weighted by molar-refractivity contribution is 7.12. The van der Waals surface area contributed by atoms with E-state index < -0.39 is 0 Å². The van der Waals surface area contributed by atoms with Crippen LogP contribution in [0, 0.1) is 19.8 Å². The van der Waals surface area contributed by atoms with Crippen molar-refractivity contribution in [3.8, 4) is 0 Å². The van der Waals surface area contributed by atoms with E-state index >= 15 is 0 Å². The van der Waals surface area contributed by atoms with Crippen molar-refractivity contribution in [1.29, 1.82) is 0 Å². The Kier molecular flexibility index (Phi) is 5.22. The van der Waals surface area contributed by atoms with Crippen molar-refractivity contribution < 1.29 is 0 Å². The summed E-state index contributed by atoms with van der Waals surface area (Å²) in [7, 11) is 0. The van der Waals surface area contributed by atoms with Crippen LogP contribution in [0.3, 0.4) is 0 Å². The molecule has 1 aromatic heterocycles. The van der Waals surface area contributed by atoms with E-state index in [9.17, 15) is 0 Å². The van der Waals surface area contributed by atoms with E-state index in [-0.39, 0.29) is 0 Å². The van der Waals surface area contributed by atoms with Gasteiger partial charge in [-0.2, -0.15) is 0 Å². The molecule has 1 aliphatic rings. The summed E-state index contributed by atoms with van der Waals surface area (Å²) >= 11 is 1.91. The fourth-order valence-electron chi connectivity index (χ4n) is 2.78. The number of rotatable bonds is 5. The normalized spacial score (nSPS) is 18.4. The maximum Gasteiger partial charge on any atom is 0.0216 e. The number of hydrogen-bond acceptors (Lipinski definition) is 3. The maximum atomic E-state index is 3.65. The standard InChI is InChI=1S/C15H26N2S/c1-4-17-7-5-14(6-8-17)10-16-11-15-9-12(2)18-13(15)3/h9,14,16H,4-8,10-11H2,1-3H3. The molecule has 2 rings (SSSR count). The van der Waals surface area contributed by atoms with Gasteiger partial charge < -0.3 is 10.2 Å². The van der Waals surface area contributed by atoms with Crippen molar-refractivity contribution in [2.24, 2.45) is 5.92 Å². The van der Waals surface area contributed by atoms with E-state index in [1.165, 1.54) is 54.3 Å². The van der Waals surface area contributed by atoms with E-state index in [4.69, 9.17) is 0 Å². The number of nitrogens with one attached hydrogen (secondary N) is 1. The molecule has 0 spiro atoms. The summed E-state index contributed by atoms with van der Waals surface area (Å²) in [5.74, 6) is 0.882. The van der Waals surface area contributed by atoms with Crippen LogP contribution >= 0.6 is 11.3 Å². The van der Waals surface area contributed by atoms with Crippen LogP contribution in [0.2, 0.25) is 0 Å². The quantitative estimate of drug-likeness (QED) is 0.880. The van der Waals surface area contributed by atoms with Gasteiger partial charge in [0.2, 0.25) is 0 Å². The van der Waals surface area contributed by atoms with Gasteiger partial charge in [0.05, 0.1) is 0 Å². The van der Waals surface area contributed by atoms with Crippen LogP contribution in [0.4, 0.5) is 0 Å². The molecule has 0 aliphatic carbocycles. The summed E-state index contributed by atoms with van der Waals surface area (Å²) in [6.45, 7) is 12.7. The number of likely N-dealkylation sites (tertiary alicyclic amines) is 1. The number of aryl methyl sites for hydroxylation is 2. The predicted molar refractivity (Wildman–Crippen MR) is 80.3 cm³/mol. The summed E-state index contributed by atoms with van der Waals surface area (Å²) in [5, 5.41) is 3.65. The van der Waals surface area contributed by atoms with Crippen molar-refractivity contribution in [3.05, 3.63) is 21.4 Å². The molecule has 0 unspecified atom stereocenters. The highest BCUT2D eigenvalue weighted by Crippen LogP contribution is 2.21. The number of thiophene rings is 1. The molecule has 1 aliphatic heterocycles. The van der Waals surface area contributed by atoms with E-state index in [1.54, 1.807) is 0 Å². The van der Waals surface area contributed by atoms with Gasteiger partial charge in [-0.1, -0.05) is 6.92 Å². The Morgan fingerprint density at radius 1 is 1.33 bits per heavy atom. The van der Waals surface area contributed by atoms with Crippen molar-refractivity contribution >= 4 is 11.3 Å². The Labute approximate surface area is 115 Å². The van der Waals surface area contributed by atoms with Gasteiger partial charge in [0.25, 0.3) is 0 Å². The van der Waals surface area contributed by atoms with Crippen LogP contribution < -0.4 is 5.32 Å². The zero-order valence-electron chi connectivity index (χ0n) is 12.0. The summed E-state index contributed by atoms with van der Waals surface area (Å²) in [4.78, 5) is 5.46. The lowest BCUT2D eigenvalue weighted by Gasteiger charge is -2.31. The highest BCUT2D eigenvalue weighted by atomic mass is 32.1. The van der Waals surface area contributed by atoms with Crippen LogP contribution in [0.5, 0.6) is 0 Å². The van der Waals surface area contributed by atoms with Crippen molar-refractivity contribution in [3.63, 3.8) is 0 Å². The van der Waals surface area contributed by atoms with E-state index in [2.05, 4.69) is 37.1 Å². The lowest BCUT2D eigenvalue weighted by atomic mass is 9.97. The molecule has 3 heteroatoms. The van der Waals surface area contributed by atoms with Crippen LogP contribution in [-0.4, -0.2) is 31.1 Å². The fourth-order valence-corrected chi connectivity index (χ4v) is 3.72. The van der Waals surface area contributed by atoms with Gasteiger partial charge >= 0.3 is 0 Å². The third-order valence-electron chi connectivity index (χ3n) is 4.05. The lowest BCUT2D eigenvalue weighted by Crippen LogP contribution is -2.36. The zero-order chi connectivity index (χ0) is 13.0. The average Bonchev–Trinajstić information content (AvgIpc) is 2.69. The second-order valence-corrected chi connectivity index (χ2v) is 6.91. The number of nitrogens with zero attached hydrogens (tertiary/aromatic N) is 1. The molecule has 18 heavy (non-hydrogen) atoms. The Bertz CT molecular complexity index is 365. The van der Waals surface area contributed by atoms with Gasteiger partial charge in [0.15, 0.2) is 0 Å². The first-order valence-corrected chi connectivity index (χ1v) is 7.99. The molecule has 0 amide bonds. The van der Waals surface area contributed by atoms with Crippen molar-refractivity contribution in [2.75, 3.05) is 26.2 Å². The smallest absolute Gasteiger partial charge is 0.0216 e.